The smallest absolute Gasteiger partial charge is 0.0468 e. The molecule has 0 amide bonds. The first kappa shape index (κ1) is 38.5. The zero-order valence-electron chi connectivity index (χ0n) is 35.7. The fourth-order valence-electron chi connectivity index (χ4n) is 8.97. The fraction of sp³-hybridized carbons (Fsp3) is 0.0667. The summed E-state index contributed by atoms with van der Waals surface area (Å²) in [6, 6.07) is 80.4. The summed E-state index contributed by atoms with van der Waals surface area (Å²) < 4.78 is 0. The molecule has 0 radical (unpaired) electrons. The monoisotopic (exact) mass is 796 g/mol. The van der Waals surface area contributed by atoms with E-state index in [0.717, 1.165) is 34.1 Å². The molecule has 10 aromatic rings. The lowest BCUT2D eigenvalue weighted by molar-refractivity contribution is 1.26. The third-order valence-corrected chi connectivity index (χ3v) is 12.0. The molecule has 0 N–H and O–H groups in total. The first-order chi connectivity index (χ1) is 30.3. The van der Waals surface area contributed by atoms with Gasteiger partial charge in [-0.2, -0.15) is 0 Å². The second-order valence-corrected chi connectivity index (χ2v) is 16.6. The van der Waals surface area contributed by atoms with Crippen LogP contribution in [0.5, 0.6) is 0 Å². The van der Waals surface area contributed by atoms with E-state index in [4.69, 9.17) is 0 Å². The summed E-state index contributed by atoms with van der Waals surface area (Å²) >= 11 is 0. The van der Waals surface area contributed by atoms with Crippen LogP contribution in [0, 0.1) is 27.7 Å². The maximum absolute atomic E-state index is 2.40. The standard InChI is InChI=1S/C60H48N2/c1-41-13-9-21-51(33-41)61(52-22-10-14-42(2)34-52)55-29-31-57(59(39-55)49-27-25-45-17-5-7-19-47(45)37-49)58-32-30-56(40-60(58)50-28-26-46-18-6-8-20-48(46)38-50)62(53-23-11-15-43(3)35-53)54-24-12-16-44(4)36-54/h5-40H,1-4H3. The fourth-order valence-corrected chi connectivity index (χ4v) is 8.97. The van der Waals surface area contributed by atoms with Gasteiger partial charge in [0.05, 0.1) is 0 Å². The quantitative estimate of drug-likeness (QED) is 0.144. The molecule has 2 nitrogen and oxygen atoms in total. The van der Waals surface area contributed by atoms with E-state index in [1.165, 1.54) is 77.2 Å². The van der Waals surface area contributed by atoms with Crippen LogP contribution in [0.25, 0.3) is 54.9 Å². The van der Waals surface area contributed by atoms with Crippen LogP contribution in [0.15, 0.2) is 218 Å². The molecule has 0 saturated carbocycles. The molecule has 0 aromatic heterocycles. The number of hydrogen-bond acceptors (Lipinski definition) is 2. The summed E-state index contributed by atoms with van der Waals surface area (Å²) in [7, 11) is 0. The zero-order chi connectivity index (χ0) is 42.2. The molecule has 10 aromatic carbocycles. The number of fused-ring (bicyclic) bond motifs is 2. The van der Waals surface area contributed by atoms with Crippen molar-refractivity contribution in [3.8, 4) is 33.4 Å². The second kappa shape index (κ2) is 16.4. The van der Waals surface area contributed by atoms with Crippen molar-refractivity contribution in [2.45, 2.75) is 27.7 Å². The molecule has 62 heavy (non-hydrogen) atoms. The van der Waals surface area contributed by atoms with E-state index < -0.39 is 0 Å². The maximum atomic E-state index is 2.40. The van der Waals surface area contributed by atoms with E-state index >= 15 is 0 Å². The Kier molecular flexibility index (Phi) is 10.2. The summed E-state index contributed by atoms with van der Waals surface area (Å²) in [5.41, 5.74) is 18.6. The third-order valence-electron chi connectivity index (χ3n) is 12.0. The highest BCUT2D eigenvalue weighted by Gasteiger charge is 2.21. The Labute approximate surface area is 365 Å². The Morgan fingerprint density at radius 1 is 0.226 bits per heavy atom. The molecule has 0 bridgehead atoms. The van der Waals surface area contributed by atoms with Gasteiger partial charge in [-0.05, 0) is 190 Å². The molecule has 0 saturated heterocycles. The van der Waals surface area contributed by atoms with E-state index in [-0.39, 0.29) is 0 Å². The van der Waals surface area contributed by atoms with E-state index in [1.807, 2.05) is 0 Å². The Bertz CT molecular complexity index is 2960. The average molecular weight is 797 g/mol. The largest absolute Gasteiger partial charge is 0.310 e. The molecule has 0 aliphatic carbocycles. The van der Waals surface area contributed by atoms with Crippen molar-refractivity contribution in [2.75, 3.05) is 9.80 Å². The van der Waals surface area contributed by atoms with E-state index in [0.29, 0.717) is 0 Å². The normalized spacial score (nSPS) is 11.2. The van der Waals surface area contributed by atoms with Gasteiger partial charge in [-0.25, -0.2) is 0 Å². The summed E-state index contributed by atoms with van der Waals surface area (Å²) in [4.78, 5) is 4.78. The van der Waals surface area contributed by atoms with E-state index in [2.05, 4.69) is 256 Å². The number of hydrogen-bond donors (Lipinski definition) is 0. The Morgan fingerprint density at radius 2 is 0.548 bits per heavy atom. The predicted octanol–water partition coefficient (Wildman–Crippen LogP) is 17.2. The molecule has 0 unspecified atom stereocenters. The molecule has 0 spiro atoms. The van der Waals surface area contributed by atoms with Crippen molar-refractivity contribution in [1.82, 2.24) is 0 Å². The minimum Gasteiger partial charge on any atom is -0.310 e. The maximum Gasteiger partial charge on any atom is 0.0468 e. The van der Waals surface area contributed by atoms with Crippen LogP contribution < -0.4 is 9.80 Å². The van der Waals surface area contributed by atoms with Gasteiger partial charge in [0.15, 0.2) is 0 Å². The topological polar surface area (TPSA) is 6.48 Å². The van der Waals surface area contributed by atoms with Gasteiger partial charge in [0.1, 0.15) is 0 Å². The van der Waals surface area contributed by atoms with Gasteiger partial charge in [-0.3, -0.25) is 0 Å². The second-order valence-electron chi connectivity index (χ2n) is 16.6. The van der Waals surface area contributed by atoms with E-state index in [1.54, 1.807) is 0 Å². The number of nitrogens with zero attached hydrogens (tertiary/aromatic N) is 2. The van der Waals surface area contributed by atoms with Gasteiger partial charge in [-0.15, -0.1) is 0 Å². The summed E-state index contributed by atoms with van der Waals surface area (Å²) in [6.45, 7) is 8.66. The molecule has 0 aliphatic heterocycles. The zero-order valence-corrected chi connectivity index (χ0v) is 35.7. The lowest BCUT2D eigenvalue weighted by atomic mass is 9.87. The van der Waals surface area contributed by atoms with Gasteiger partial charge in [0.25, 0.3) is 0 Å². The molecule has 0 atom stereocenters. The highest BCUT2D eigenvalue weighted by Crippen LogP contribution is 2.46. The first-order valence-corrected chi connectivity index (χ1v) is 21.5. The van der Waals surface area contributed by atoms with Crippen LogP contribution in [0.4, 0.5) is 34.1 Å². The van der Waals surface area contributed by atoms with Crippen molar-refractivity contribution >= 4 is 55.7 Å². The molecular weight excluding hydrogens is 749 g/mol. The van der Waals surface area contributed by atoms with Crippen LogP contribution in [0.2, 0.25) is 0 Å². The van der Waals surface area contributed by atoms with Gasteiger partial charge in [0, 0.05) is 34.1 Å². The molecule has 298 valence electrons. The Morgan fingerprint density at radius 3 is 0.887 bits per heavy atom. The van der Waals surface area contributed by atoms with E-state index in [9.17, 15) is 0 Å². The minimum atomic E-state index is 1.10. The van der Waals surface area contributed by atoms with Gasteiger partial charge in [0.2, 0.25) is 0 Å². The van der Waals surface area contributed by atoms with Crippen molar-refractivity contribution in [3.05, 3.63) is 241 Å². The van der Waals surface area contributed by atoms with Crippen LogP contribution >= 0.6 is 0 Å². The van der Waals surface area contributed by atoms with Crippen molar-refractivity contribution < 1.29 is 0 Å². The van der Waals surface area contributed by atoms with Gasteiger partial charge in [-0.1, -0.05) is 133 Å². The Hall–Kier alpha value is -7.68. The first-order valence-electron chi connectivity index (χ1n) is 21.5. The van der Waals surface area contributed by atoms with Gasteiger partial charge >= 0.3 is 0 Å². The summed E-state index contributed by atoms with van der Waals surface area (Å²) in [6.07, 6.45) is 0. The van der Waals surface area contributed by atoms with Crippen LogP contribution in [-0.2, 0) is 0 Å². The van der Waals surface area contributed by atoms with Crippen LogP contribution in [0.3, 0.4) is 0 Å². The summed E-state index contributed by atoms with van der Waals surface area (Å²) in [5, 5.41) is 4.88. The highest BCUT2D eigenvalue weighted by molar-refractivity contribution is 5.99. The highest BCUT2D eigenvalue weighted by atomic mass is 15.1. The molecule has 0 heterocycles. The summed E-state index contributed by atoms with van der Waals surface area (Å²) in [5.74, 6) is 0. The molecule has 10 rings (SSSR count). The molecule has 2 heteroatoms. The minimum absolute atomic E-state index is 1.10. The average Bonchev–Trinajstić information content (AvgIpc) is 3.29. The van der Waals surface area contributed by atoms with Crippen molar-refractivity contribution in [1.29, 1.82) is 0 Å². The SMILES string of the molecule is Cc1cccc(N(c2cccc(C)c2)c2ccc(-c3ccc(N(c4cccc(C)c4)c4cccc(C)c4)cc3-c3ccc4ccccc4c3)c(-c3ccc4ccccc4c3)c2)c1. The molecular formula is C60H48N2. The predicted molar refractivity (Wildman–Crippen MR) is 266 cm³/mol. The number of aryl methyl sites for hydroxylation is 4. The molecule has 0 aliphatic rings. The Balaban J connectivity index is 1.24. The number of anilines is 6. The van der Waals surface area contributed by atoms with Gasteiger partial charge < -0.3 is 9.80 Å². The third kappa shape index (κ3) is 7.64. The van der Waals surface area contributed by atoms with Crippen molar-refractivity contribution in [3.63, 3.8) is 0 Å². The van der Waals surface area contributed by atoms with Crippen LogP contribution in [-0.4, -0.2) is 0 Å². The molecule has 0 fully saturated rings. The number of rotatable bonds is 9. The van der Waals surface area contributed by atoms with Crippen LogP contribution in [0.1, 0.15) is 22.3 Å². The lowest BCUT2D eigenvalue weighted by Crippen LogP contribution is -2.11. The van der Waals surface area contributed by atoms with Crippen molar-refractivity contribution in [2.24, 2.45) is 0 Å². The lowest BCUT2D eigenvalue weighted by Gasteiger charge is -2.29. The number of benzene rings is 10.